The summed E-state index contributed by atoms with van der Waals surface area (Å²) in [5.41, 5.74) is 0.342. The van der Waals surface area contributed by atoms with E-state index in [1.54, 1.807) is 35.5 Å². The summed E-state index contributed by atoms with van der Waals surface area (Å²) in [7, 11) is 0. The summed E-state index contributed by atoms with van der Waals surface area (Å²) in [6, 6.07) is 8.84. The first kappa shape index (κ1) is 20.8. The Morgan fingerprint density at radius 3 is 2.65 bits per heavy atom. The van der Waals surface area contributed by atoms with Crippen molar-refractivity contribution in [2.24, 2.45) is 5.92 Å². The lowest BCUT2D eigenvalue weighted by molar-refractivity contribution is 0.0499. The molecule has 2 aromatic heterocycles. The van der Waals surface area contributed by atoms with Crippen molar-refractivity contribution >= 4 is 5.91 Å². The van der Waals surface area contributed by atoms with E-state index in [9.17, 15) is 13.6 Å². The van der Waals surface area contributed by atoms with Crippen LogP contribution in [0.4, 0.5) is 8.78 Å². The highest BCUT2D eigenvalue weighted by atomic mass is 19.1. The summed E-state index contributed by atoms with van der Waals surface area (Å²) in [5.74, 6) is -0.740. The van der Waals surface area contributed by atoms with Gasteiger partial charge >= 0.3 is 0 Å². The summed E-state index contributed by atoms with van der Waals surface area (Å²) in [4.78, 5) is 27.4. The Bertz CT molecular complexity index is 1050. The Hall–Kier alpha value is -3.42. The van der Waals surface area contributed by atoms with E-state index >= 15 is 0 Å². The first-order valence-electron chi connectivity index (χ1n) is 10.1. The lowest BCUT2D eigenvalue weighted by Crippen LogP contribution is -2.47. The molecule has 0 radical (unpaired) electrons. The fraction of sp³-hybridized carbons (Fsp3) is 0.304. The van der Waals surface area contributed by atoms with Crippen LogP contribution in [-0.2, 0) is 0 Å². The molecule has 0 aliphatic carbocycles. The number of pyridine rings is 1. The molecule has 0 N–H and O–H groups in total. The number of carbonyl (C=O) groups excluding carboxylic acids is 1. The van der Waals surface area contributed by atoms with Crippen LogP contribution in [0.15, 0.2) is 55.0 Å². The van der Waals surface area contributed by atoms with Gasteiger partial charge in [-0.1, -0.05) is 12.1 Å². The maximum absolute atomic E-state index is 14.8. The number of carbonyl (C=O) groups is 1. The van der Waals surface area contributed by atoms with E-state index in [0.29, 0.717) is 30.4 Å². The largest absolute Gasteiger partial charge is 0.477 e. The molecule has 4 rings (SSSR count). The van der Waals surface area contributed by atoms with E-state index in [1.165, 1.54) is 18.2 Å². The lowest BCUT2D eigenvalue weighted by atomic mass is 9.92. The number of hydrogen-bond donors (Lipinski definition) is 0. The van der Waals surface area contributed by atoms with Gasteiger partial charge in [-0.05, 0) is 38.0 Å². The summed E-state index contributed by atoms with van der Waals surface area (Å²) < 4.78 is 33.5. The third kappa shape index (κ3) is 4.68. The van der Waals surface area contributed by atoms with Gasteiger partial charge in [-0.15, -0.1) is 0 Å². The van der Waals surface area contributed by atoms with Crippen molar-refractivity contribution in [2.75, 3.05) is 13.2 Å². The normalized spacial score (nSPS) is 18.6. The monoisotopic (exact) mass is 424 g/mol. The zero-order chi connectivity index (χ0) is 21.8. The summed E-state index contributed by atoms with van der Waals surface area (Å²) in [6.45, 7) is 2.71. The molecule has 0 unspecified atom stereocenters. The van der Waals surface area contributed by atoms with Crippen molar-refractivity contribution in [3.05, 3.63) is 72.2 Å². The minimum absolute atomic E-state index is 0.0256. The van der Waals surface area contributed by atoms with E-state index in [2.05, 4.69) is 15.0 Å². The summed E-state index contributed by atoms with van der Waals surface area (Å²) >= 11 is 0. The van der Waals surface area contributed by atoms with Gasteiger partial charge in [0, 0.05) is 42.5 Å². The standard InChI is InChI=1S/C23H22F2N4O2/c1-15-6-7-16(14-31-20-9-8-17(24)12-28-20)13-29(15)23(30)21-18(4-2-5-19(21)25)22-26-10-3-11-27-22/h2-5,8-12,15-16H,6-7,13-14H2,1H3/t15-,16-/m1/s1. The number of hydrogen-bond acceptors (Lipinski definition) is 5. The van der Waals surface area contributed by atoms with Crippen molar-refractivity contribution in [1.82, 2.24) is 19.9 Å². The van der Waals surface area contributed by atoms with Crippen molar-refractivity contribution in [1.29, 1.82) is 0 Å². The van der Waals surface area contributed by atoms with Crippen LogP contribution in [0.3, 0.4) is 0 Å². The Morgan fingerprint density at radius 2 is 1.90 bits per heavy atom. The Labute approximate surface area is 178 Å². The molecule has 3 aromatic rings. The van der Waals surface area contributed by atoms with Crippen LogP contribution in [-0.4, -0.2) is 45.0 Å². The SMILES string of the molecule is C[C@@H]1CC[C@@H](COc2ccc(F)cn2)CN1C(=O)c1c(F)cccc1-c1ncccn1. The third-order valence-corrected chi connectivity index (χ3v) is 5.44. The maximum atomic E-state index is 14.8. The zero-order valence-corrected chi connectivity index (χ0v) is 17.0. The molecule has 6 nitrogen and oxygen atoms in total. The minimum atomic E-state index is -0.601. The van der Waals surface area contributed by atoms with E-state index in [-0.39, 0.29) is 17.5 Å². The molecule has 1 aliphatic heterocycles. The molecular formula is C23H22F2N4O2. The molecule has 1 amide bonds. The molecule has 1 aliphatic rings. The maximum Gasteiger partial charge on any atom is 0.257 e. The van der Waals surface area contributed by atoms with E-state index in [1.807, 2.05) is 6.92 Å². The van der Waals surface area contributed by atoms with Crippen molar-refractivity contribution in [3.8, 4) is 17.3 Å². The minimum Gasteiger partial charge on any atom is -0.477 e. The number of nitrogens with zero attached hydrogens (tertiary/aromatic N) is 4. The average molecular weight is 424 g/mol. The van der Waals surface area contributed by atoms with Crippen LogP contribution in [0.5, 0.6) is 5.88 Å². The number of likely N-dealkylation sites (tertiary alicyclic amines) is 1. The van der Waals surface area contributed by atoms with Crippen LogP contribution in [0.25, 0.3) is 11.4 Å². The Balaban J connectivity index is 1.53. The van der Waals surface area contributed by atoms with Gasteiger partial charge in [-0.2, -0.15) is 0 Å². The number of rotatable bonds is 5. The van der Waals surface area contributed by atoms with Gasteiger partial charge in [-0.25, -0.2) is 23.7 Å². The van der Waals surface area contributed by atoms with E-state index in [0.717, 1.165) is 19.0 Å². The molecule has 8 heteroatoms. The molecule has 1 saturated heterocycles. The predicted octanol–water partition coefficient (Wildman–Crippen LogP) is 4.14. The lowest BCUT2D eigenvalue weighted by Gasteiger charge is -2.38. The summed E-state index contributed by atoms with van der Waals surface area (Å²) in [5, 5.41) is 0. The summed E-state index contributed by atoms with van der Waals surface area (Å²) in [6.07, 6.45) is 5.84. The number of ether oxygens (including phenoxy) is 1. The number of amides is 1. The van der Waals surface area contributed by atoms with Crippen LogP contribution in [0.1, 0.15) is 30.1 Å². The van der Waals surface area contributed by atoms with Crippen molar-refractivity contribution < 1.29 is 18.3 Å². The predicted molar refractivity (Wildman–Crippen MR) is 110 cm³/mol. The van der Waals surface area contributed by atoms with Gasteiger partial charge in [0.2, 0.25) is 5.88 Å². The van der Waals surface area contributed by atoms with Gasteiger partial charge in [0.05, 0.1) is 18.4 Å². The number of halogens is 2. The molecular weight excluding hydrogens is 402 g/mol. The van der Waals surface area contributed by atoms with Gasteiger partial charge in [0.15, 0.2) is 5.82 Å². The van der Waals surface area contributed by atoms with Crippen LogP contribution >= 0.6 is 0 Å². The number of aromatic nitrogens is 3. The Morgan fingerprint density at radius 1 is 1.10 bits per heavy atom. The first-order chi connectivity index (χ1) is 15.0. The van der Waals surface area contributed by atoms with E-state index < -0.39 is 17.5 Å². The quantitative estimate of drug-likeness (QED) is 0.616. The van der Waals surface area contributed by atoms with Gasteiger partial charge in [-0.3, -0.25) is 4.79 Å². The second kappa shape index (κ2) is 9.16. The molecule has 0 saturated carbocycles. The van der Waals surface area contributed by atoms with Crippen LogP contribution in [0.2, 0.25) is 0 Å². The van der Waals surface area contributed by atoms with Gasteiger partial charge in [0.1, 0.15) is 11.6 Å². The molecule has 1 aromatic carbocycles. The molecule has 1 fully saturated rings. The van der Waals surface area contributed by atoms with Gasteiger partial charge in [0.25, 0.3) is 5.91 Å². The second-order valence-corrected chi connectivity index (χ2v) is 7.61. The Kier molecular flexibility index (Phi) is 6.16. The molecule has 0 spiro atoms. The first-order valence-corrected chi connectivity index (χ1v) is 10.1. The van der Waals surface area contributed by atoms with Crippen LogP contribution in [0, 0.1) is 17.6 Å². The topological polar surface area (TPSA) is 68.2 Å². The molecule has 0 bridgehead atoms. The number of benzene rings is 1. The van der Waals surface area contributed by atoms with E-state index in [4.69, 9.17) is 4.74 Å². The average Bonchev–Trinajstić information content (AvgIpc) is 2.79. The highest BCUT2D eigenvalue weighted by Crippen LogP contribution is 2.29. The molecule has 2 atom stereocenters. The van der Waals surface area contributed by atoms with Gasteiger partial charge < -0.3 is 9.64 Å². The highest BCUT2D eigenvalue weighted by molar-refractivity contribution is 6.00. The van der Waals surface area contributed by atoms with Crippen molar-refractivity contribution in [2.45, 2.75) is 25.8 Å². The van der Waals surface area contributed by atoms with Crippen molar-refractivity contribution in [3.63, 3.8) is 0 Å². The fourth-order valence-electron chi connectivity index (χ4n) is 3.76. The third-order valence-electron chi connectivity index (χ3n) is 5.44. The smallest absolute Gasteiger partial charge is 0.257 e. The molecule has 31 heavy (non-hydrogen) atoms. The fourth-order valence-corrected chi connectivity index (χ4v) is 3.76. The molecule has 3 heterocycles. The molecule has 160 valence electrons. The second-order valence-electron chi connectivity index (χ2n) is 7.61. The number of piperidine rings is 1. The zero-order valence-electron chi connectivity index (χ0n) is 17.0. The highest BCUT2D eigenvalue weighted by Gasteiger charge is 2.33. The van der Waals surface area contributed by atoms with Crippen LogP contribution < -0.4 is 4.74 Å².